The molecule has 0 aliphatic carbocycles. The van der Waals surface area contributed by atoms with Crippen LogP contribution in [0.15, 0.2) is 48.5 Å². The lowest BCUT2D eigenvalue weighted by atomic mass is 10.1. The number of methoxy groups -OCH3 is 1. The standard InChI is InChI=1S/C21H25FN2O6S/c1-29-20-13-16(22)7-8-19(20)30-17-9-11-24(12-10-17)31(27,28)14-18(23-21(25)26)15-5-3-2-4-6-15/h2-8,13,17-18,23H,9-12,14H2,1H3,(H,25,26)/t18-/m0/s1. The summed E-state index contributed by atoms with van der Waals surface area (Å²) in [5.41, 5.74) is 0.579. The van der Waals surface area contributed by atoms with Crippen molar-refractivity contribution in [2.75, 3.05) is 26.0 Å². The molecule has 1 fully saturated rings. The van der Waals surface area contributed by atoms with Gasteiger partial charge in [-0.2, -0.15) is 0 Å². The van der Waals surface area contributed by atoms with Gasteiger partial charge in [0, 0.05) is 19.2 Å². The predicted octanol–water partition coefficient (Wildman–Crippen LogP) is 3.02. The van der Waals surface area contributed by atoms with Crippen LogP contribution in [0, 0.1) is 5.82 Å². The fourth-order valence-corrected chi connectivity index (χ4v) is 5.19. The van der Waals surface area contributed by atoms with Crippen molar-refractivity contribution < 1.29 is 32.2 Å². The topological polar surface area (TPSA) is 105 Å². The lowest BCUT2D eigenvalue weighted by Crippen LogP contribution is -2.45. The molecule has 0 spiro atoms. The van der Waals surface area contributed by atoms with Crippen molar-refractivity contribution in [2.45, 2.75) is 25.0 Å². The summed E-state index contributed by atoms with van der Waals surface area (Å²) in [6.07, 6.45) is -0.637. The highest BCUT2D eigenvalue weighted by atomic mass is 32.2. The third kappa shape index (κ3) is 6.08. The number of carbonyl (C=O) groups is 1. The number of piperidine rings is 1. The molecule has 1 saturated heterocycles. The Morgan fingerprint density at radius 2 is 1.87 bits per heavy atom. The summed E-state index contributed by atoms with van der Waals surface area (Å²) in [6.45, 7) is 0.482. The highest BCUT2D eigenvalue weighted by Gasteiger charge is 2.32. The molecule has 0 aromatic heterocycles. The Hall–Kier alpha value is -2.85. The van der Waals surface area contributed by atoms with E-state index in [1.807, 2.05) is 0 Å². The van der Waals surface area contributed by atoms with Crippen LogP contribution < -0.4 is 14.8 Å². The van der Waals surface area contributed by atoms with E-state index in [4.69, 9.17) is 14.6 Å². The van der Waals surface area contributed by atoms with Gasteiger partial charge in [0.25, 0.3) is 0 Å². The number of nitrogens with zero attached hydrogens (tertiary/aromatic N) is 1. The van der Waals surface area contributed by atoms with E-state index in [1.165, 1.54) is 29.6 Å². The van der Waals surface area contributed by atoms with Crippen LogP contribution in [0.25, 0.3) is 0 Å². The number of halogens is 1. The highest BCUT2D eigenvalue weighted by Crippen LogP contribution is 2.30. The second kappa shape index (κ2) is 9.97. The number of amides is 1. The number of benzene rings is 2. The van der Waals surface area contributed by atoms with E-state index < -0.39 is 28.0 Å². The zero-order valence-electron chi connectivity index (χ0n) is 17.0. The average molecular weight is 453 g/mol. The predicted molar refractivity (Wildman–Crippen MR) is 112 cm³/mol. The zero-order chi connectivity index (χ0) is 22.4. The Kier molecular flexibility index (Phi) is 7.34. The number of hydrogen-bond acceptors (Lipinski definition) is 5. The molecule has 0 saturated carbocycles. The largest absolute Gasteiger partial charge is 0.493 e. The van der Waals surface area contributed by atoms with Crippen LogP contribution in [0.4, 0.5) is 9.18 Å². The molecule has 2 aromatic carbocycles. The molecule has 1 amide bonds. The molecule has 1 aliphatic rings. The molecule has 3 rings (SSSR count). The smallest absolute Gasteiger partial charge is 0.405 e. The first-order valence-electron chi connectivity index (χ1n) is 9.81. The summed E-state index contributed by atoms with van der Waals surface area (Å²) < 4.78 is 51.6. The Bertz CT molecular complexity index is 994. The van der Waals surface area contributed by atoms with Crippen LogP contribution >= 0.6 is 0 Å². The summed E-state index contributed by atoms with van der Waals surface area (Å²) in [4.78, 5) is 11.2. The molecule has 0 radical (unpaired) electrons. The van der Waals surface area contributed by atoms with Crippen molar-refractivity contribution in [2.24, 2.45) is 0 Å². The fraction of sp³-hybridized carbons (Fsp3) is 0.381. The van der Waals surface area contributed by atoms with Crippen LogP contribution in [0.5, 0.6) is 11.5 Å². The Labute approximate surface area is 180 Å². The summed E-state index contributed by atoms with van der Waals surface area (Å²) in [6, 6.07) is 11.7. The van der Waals surface area contributed by atoms with Gasteiger partial charge in [-0.15, -0.1) is 0 Å². The number of rotatable bonds is 8. The van der Waals surface area contributed by atoms with Gasteiger partial charge in [0.05, 0.1) is 18.9 Å². The molecule has 10 heteroatoms. The number of hydrogen-bond donors (Lipinski definition) is 2. The molecular formula is C21H25FN2O6S. The molecule has 0 bridgehead atoms. The average Bonchev–Trinajstić information content (AvgIpc) is 2.75. The van der Waals surface area contributed by atoms with Crippen molar-refractivity contribution in [3.05, 3.63) is 59.9 Å². The van der Waals surface area contributed by atoms with Crippen LogP contribution in [-0.4, -0.2) is 56.0 Å². The van der Waals surface area contributed by atoms with E-state index in [0.717, 1.165) is 0 Å². The van der Waals surface area contributed by atoms with Crippen molar-refractivity contribution in [1.82, 2.24) is 9.62 Å². The maximum absolute atomic E-state index is 13.4. The van der Waals surface area contributed by atoms with Gasteiger partial charge in [0.2, 0.25) is 10.0 Å². The second-order valence-electron chi connectivity index (χ2n) is 7.20. The Morgan fingerprint density at radius 3 is 2.48 bits per heavy atom. The van der Waals surface area contributed by atoms with Gasteiger partial charge >= 0.3 is 6.09 Å². The van der Waals surface area contributed by atoms with Gasteiger partial charge in [-0.05, 0) is 30.5 Å². The first kappa shape index (κ1) is 22.8. The van der Waals surface area contributed by atoms with E-state index in [0.29, 0.717) is 24.2 Å². The minimum Gasteiger partial charge on any atom is -0.493 e. The van der Waals surface area contributed by atoms with Crippen molar-refractivity contribution in [3.63, 3.8) is 0 Å². The summed E-state index contributed by atoms with van der Waals surface area (Å²) >= 11 is 0. The quantitative estimate of drug-likeness (QED) is 0.638. The van der Waals surface area contributed by atoms with Crippen molar-refractivity contribution >= 4 is 16.1 Å². The molecule has 2 N–H and O–H groups in total. The van der Waals surface area contributed by atoms with Crippen LogP contribution in [0.3, 0.4) is 0 Å². The summed E-state index contributed by atoms with van der Waals surface area (Å²) in [5.74, 6) is -0.130. The lowest BCUT2D eigenvalue weighted by molar-refractivity contribution is 0.130. The highest BCUT2D eigenvalue weighted by molar-refractivity contribution is 7.89. The van der Waals surface area contributed by atoms with E-state index in [2.05, 4.69) is 5.32 Å². The van der Waals surface area contributed by atoms with Gasteiger partial charge in [-0.3, -0.25) is 0 Å². The first-order valence-corrected chi connectivity index (χ1v) is 11.4. The molecule has 1 aliphatic heterocycles. The van der Waals surface area contributed by atoms with Crippen molar-refractivity contribution in [1.29, 1.82) is 0 Å². The minimum absolute atomic E-state index is 0.241. The molecule has 31 heavy (non-hydrogen) atoms. The van der Waals surface area contributed by atoms with Crippen molar-refractivity contribution in [3.8, 4) is 11.5 Å². The van der Waals surface area contributed by atoms with Gasteiger partial charge < -0.3 is 19.9 Å². The lowest BCUT2D eigenvalue weighted by Gasteiger charge is -2.32. The van der Waals surface area contributed by atoms with E-state index in [1.54, 1.807) is 30.3 Å². The maximum Gasteiger partial charge on any atom is 0.405 e. The molecule has 168 valence electrons. The van der Waals surface area contributed by atoms with E-state index in [-0.39, 0.29) is 30.7 Å². The number of carboxylic acid groups (broad SMARTS) is 1. The van der Waals surface area contributed by atoms with Gasteiger partial charge in [-0.25, -0.2) is 21.9 Å². The number of ether oxygens (including phenoxy) is 2. The van der Waals surface area contributed by atoms with Gasteiger partial charge in [0.15, 0.2) is 11.5 Å². The SMILES string of the molecule is COc1cc(F)ccc1OC1CCN(S(=O)(=O)C[C@H](NC(=O)O)c2ccccc2)CC1. The minimum atomic E-state index is -3.71. The van der Waals surface area contributed by atoms with Crippen LogP contribution in [0.2, 0.25) is 0 Å². The molecular weight excluding hydrogens is 427 g/mol. The van der Waals surface area contributed by atoms with E-state index >= 15 is 0 Å². The third-order valence-electron chi connectivity index (χ3n) is 5.09. The van der Waals surface area contributed by atoms with Gasteiger partial charge in [0.1, 0.15) is 11.9 Å². The Morgan fingerprint density at radius 1 is 1.19 bits per heavy atom. The summed E-state index contributed by atoms with van der Waals surface area (Å²) in [7, 11) is -2.29. The molecule has 1 heterocycles. The van der Waals surface area contributed by atoms with E-state index in [9.17, 15) is 17.6 Å². The van der Waals surface area contributed by atoms with Crippen LogP contribution in [0.1, 0.15) is 24.4 Å². The fourth-order valence-electron chi connectivity index (χ4n) is 3.52. The maximum atomic E-state index is 13.4. The third-order valence-corrected chi connectivity index (χ3v) is 7.00. The number of nitrogens with one attached hydrogen (secondary N) is 1. The second-order valence-corrected chi connectivity index (χ2v) is 9.22. The molecule has 1 atom stereocenters. The molecule has 8 nitrogen and oxygen atoms in total. The number of sulfonamides is 1. The van der Waals surface area contributed by atoms with Gasteiger partial charge in [-0.1, -0.05) is 30.3 Å². The molecule has 2 aromatic rings. The first-order chi connectivity index (χ1) is 14.8. The normalized spacial score (nSPS) is 16.5. The Balaban J connectivity index is 1.63. The monoisotopic (exact) mass is 452 g/mol. The molecule has 0 unspecified atom stereocenters. The zero-order valence-corrected chi connectivity index (χ0v) is 17.8. The van der Waals surface area contributed by atoms with Crippen LogP contribution in [-0.2, 0) is 10.0 Å². The summed E-state index contributed by atoms with van der Waals surface area (Å²) in [5, 5.41) is 11.4.